The number of alkyl halides is 3. The highest BCUT2D eigenvalue weighted by Gasteiger charge is 2.34. The molecule has 1 aliphatic rings. The zero-order chi connectivity index (χ0) is 27.6. The number of nitrogens with zero attached hydrogens (tertiary/aromatic N) is 4. The first-order valence-corrected chi connectivity index (χ1v) is 12.2. The Morgan fingerprint density at radius 2 is 1.87 bits per heavy atom. The monoisotopic (exact) mass is 536 g/mol. The molecule has 7 nitrogen and oxygen atoms in total. The number of aromatic nitrogens is 3. The number of amides is 1. The van der Waals surface area contributed by atoms with Crippen LogP contribution in [0, 0.1) is 17.7 Å². The van der Waals surface area contributed by atoms with Crippen molar-refractivity contribution in [3.63, 3.8) is 0 Å². The maximum atomic E-state index is 14.6. The van der Waals surface area contributed by atoms with Gasteiger partial charge in [0.1, 0.15) is 11.5 Å². The molecule has 0 unspecified atom stereocenters. The number of carbonyl (C=O) groups excluding carboxylic acids is 1. The number of rotatable bonds is 4. The fourth-order valence-electron chi connectivity index (χ4n) is 4.33. The first kappa shape index (κ1) is 26.3. The van der Waals surface area contributed by atoms with Gasteiger partial charge in [0.25, 0.3) is 5.91 Å². The SMILES string of the molecule is CN1CCN(Cc2ccc(C(=O)Nc3cc(C#Cc4cnc5[nH]ccc5c4F)ccn3)cc2C(F)(F)F)CC1. The first-order chi connectivity index (χ1) is 18.7. The lowest BCUT2D eigenvalue weighted by molar-refractivity contribution is -0.138. The molecule has 1 amide bonds. The summed E-state index contributed by atoms with van der Waals surface area (Å²) in [5.74, 6) is 4.37. The van der Waals surface area contributed by atoms with Crippen LogP contribution in [0.4, 0.5) is 23.4 Å². The summed E-state index contributed by atoms with van der Waals surface area (Å²) in [6.07, 6.45) is -0.325. The van der Waals surface area contributed by atoms with Gasteiger partial charge in [0.05, 0.1) is 16.5 Å². The lowest BCUT2D eigenvalue weighted by Gasteiger charge is -2.33. The molecule has 11 heteroatoms. The van der Waals surface area contributed by atoms with Gasteiger partial charge in [0.2, 0.25) is 0 Å². The van der Waals surface area contributed by atoms with E-state index in [1.165, 1.54) is 30.6 Å². The zero-order valence-corrected chi connectivity index (χ0v) is 20.9. The van der Waals surface area contributed by atoms with Gasteiger partial charge in [-0.1, -0.05) is 17.9 Å². The largest absolute Gasteiger partial charge is 0.416 e. The lowest BCUT2D eigenvalue weighted by atomic mass is 10.0. The average Bonchev–Trinajstić information content (AvgIpc) is 3.39. The van der Waals surface area contributed by atoms with E-state index in [1.807, 2.05) is 11.9 Å². The zero-order valence-electron chi connectivity index (χ0n) is 20.9. The molecule has 0 saturated carbocycles. The number of anilines is 1. The van der Waals surface area contributed by atoms with Crippen molar-refractivity contribution in [2.24, 2.45) is 0 Å². The lowest BCUT2D eigenvalue weighted by Crippen LogP contribution is -2.44. The number of hydrogen-bond acceptors (Lipinski definition) is 5. The maximum absolute atomic E-state index is 14.6. The summed E-state index contributed by atoms with van der Waals surface area (Å²) >= 11 is 0. The Labute approximate surface area is 221 Å². The molecular weight excluding hydrogens is 512 g/mol. The van der Waals surface area contributed by atoms with E-state index in [-0.39, 0.29) is 29.1 Å². The minimum absolute atomic E-state index is 0.0980. The van der Waals surface area contributed by atoms with Crippen LogP contribution in [0.5, 0.6) is 0 Å². The third-order valence-corrected chi connectivity index (χ3v) is 6.53. The number of H-pyrrole nitrogens is 1. The number of piperazine rings is 1. The van der Waals surface area contributed by atoms with Gasteiger partial charge in [-0.2, -0.15) is 13.2 Å². The molecule has 0 spiro atoms. The van der Waals surface area contributed by atoms with E-state index in [0.717, 1.165) is 19.2 Å². The predicted molar refractivity (Wildman–Crippen MR) is 138 cm³/mol. The highest BCUT2D eigenvalue weighted by molar-refractivity contribution is 6.04. The second-order valence-electron chi connectivity index (χ2n) is 9.31. The molecule has 1 fully saturated rings. The highest BCUT2D eigenvalue weighted by atomic mass is 19.4. The molecule has 0 atom stereocenters. The Bertz CT molecular complexity index is 1580. The van der Waals surface area contributed by atoms with Crippen LogP contribution in [-0.4, -0.2) is 63.9 Å². The number of halogens is 4. The van der Waals surface area contributed by atoms with Gasteiger partial charge in [0.15, 0.2) is 5.82 Å². The predicted octanol–water partition coefficient (Wildman–Crippen LogP) is 4.52. The molecule has 3 aromatic heterocycles. The van der Waals surface area contributed by atoms with E-state index in [0.29, 0.717) is 29.7 Å². The van der Waals surface area contributed by atoms with Crippen molar-refractivity contribution in [3.05, 3.63) is 88.6 Å². The molecule has 2 N–H and O–H groups in total. The third-order valence-electron chi connectivity index (χ3n) is 6.53. The standard InChI is InChI=1S/C28H24F4N6O/c1-37-10-12-38(13-11-37)17-21-5-4-19(15-23(21)28(30,31)32)27(39)36-24-14-18(6-8-33-24)2-3-20-16-35-26-22(25(20)29)7-9-34-26/h4-9,14-16H,10-13,17H2,1H3,(H,34,35)(H,33,36,39). The Kier molecular flexibility index (Phi) is 7.32. The van der Waals surface area contributed by atoms with Gasteiger partial charge in [-0.3, -0.25) is 9.69 Å². The minimum atomic E-state index is -4.61. The van der Waals surface area contributed by atoms with Crippen molar-refractivity contribution in [1.29, 1.82) is 0 Å². The molecule has 1 saturated heterocycles. The normalized spacial score (nSPS) is 14.7. The van der Waals surface area contributed by atoms with Crippen molar-refractivity contribution < 1.29 is 22.4 Å². The molecule has 1 aliphatic heterocycles. The van der Waals surface area contributed by atoms with E-state index in [2.05, 4.69) is 37.0 Å². The van der Waals surface area contributed by atoms with Crippen LogP contribution in [-0.2, 0) is 12.7 Å². The smallest absolute Gasteiger partial charge is 0.346 e. The van der Waals surface area contributed by atoms with Gasteiger partial charge >= 0.3 is 6.18 Å². The Morgan fingerprint density at radius 1 is 1.08 bits per heavy atom. The number of fused-ring (bicyclic) bond motifs is 1. The molecule has 200 valence electrons. The quantitative estimate of drug-likeness (QED) is 0.297. The number of pyridine rings is 2. The molecule has 0 radical (unpaired) electrons. The number of nitrogens with one attached hydrogen (secondary N) is 2. The molecule has 5 rings (SSSR count). The molecule has 39 heavy (non-hydrogen) atoms. The maximum Gasteiger partial charge on any atom is 0.416 e. The summed E-state index contributed by atoms with van der Waals surface area (Å²) in [6.45, 7) is 3.06. The van der Waals surface area contributed by atoms with Crippen LogP contribution in [0.25, 0.3) is 11.0 Å². The van der Waals surface area contributed by atoms with Crippen molar-refractivity contribution >= 4 is 22.8 Å². The minimum Gasteiger partial charge on any atom is -0.346 e. The first-order valence-electron chi connectivity index (χ1n) is 12.2. The van der Waals surface area contributed by atoms with Gasteiger partial charge in [-0.25, -0.2) is 14.4 Å². The van der Waals surface area contributed by atoms with Crippen molar-refractivity contribution in [2.45, 2.75) is 12.7 Å². The Morgan fingerprint density at radius 3 is 2.64 bits per heavy atom. The highest BCUT2D eigenvalue weighted by Crippen LogP contribution is 2.33. The molecule has 1 aromatic carbocycles. The average molecular weight is 537 g/mol. The molecule has 0 aliphatic carbocycles. The summed E-state index contributed by atoms with van der Waals surface area (Å²) in [6, 6.07) is 8.19. The van der Waals surface area contributed by atoms with Crippen molar-refractivity contribution in [3.8, 4) is 11.8 Å². The van der Waals surface area contributed by atoms with Crippen LogP contribution < -0.4 is 5.32 Å². The summed E-state index contributed by atoms with van der Waals surface area (Å²) < 4.78 is 56.3. The number of likely N-dealkylation sites (N-methyl/N-ethyl adjacent to an activating group) is 1. The summed E-state index contributed by atoms with van der Waals surface area (Å²) in [4.78, 5) is 27.9. The molecular formula is C28H24F4N6O. The van der Waals surface area contributed by atoms with E-state index < -0.39 is 23.5 Å². The van der Waals surface area contributed by atoms with Gasteiger partial charge in [0, 0.05) is 62.4 Å². The Hall–Kier alpha value is -4.27. The fourth-order valence-corrected chi connectivity index (χ4v) is 4.33. The van der Waals surface area contributed by atoms with E-state index in [1.54, 1.807) is 18.3 Å². The van der Waals surface area contributed by atoms with Crippen LogP contribution in [0.1, 0.15) is 32.6 Å². The topological polar surface area (TPSA) is 77.1 Å². The fraction of sp³-hybridized carbons (Fsp3) is 0.250. The van der Waals surface area contributed by atoms with Crippen LogP contribution in [0.2, 0.25) is 0 Å². The van der Waals surface area contributed by atoms with Gasteiger partial charge in [-0.05, 0) is 42.9 Å². The van der Waals surface area contributed by atoms with E-state index >= 15 is 0 Å². The third kappa shape index (κ3) is 6.08. The van der Waals surface area contributed by atoms with Crippen LogP contribution in [0.15, 0.2) is 55.0 Å². The summed E-state index contributed by atoms with van der Waals surface area (Å²) in [5.41, 5.74) is 0.0761. The molecule has 4 aromatic rings. The summed E-state index contributed by atoms with van der Waals surface area (Å²) in [7, 11) is 1.98. The van der Waals surface area contributed by atoms with Gasteiger partial charge in [-0.15, -0.1) is 0 Å². The van der Waals surface area contributed by atoms with Crippen molar-refractivity contribution in [2.75, 3.05) is 38.5 Å². The number of carbonyl (C=O) groups is 1. The van der Waals surface area contributed by atoms with E-state index in [9.17, 15) is 22.4 Å². The second-order valence-corrected chi connectivity index (χ2v) is 9.31. The second kappa shape index (κ2) is 10.8. The number of benzene rings is 1. The van der Waals surface area contributed by atoms with E-state index in [4.69, 9.17) is 0 Å². The van der Waals surface area contributed by atoms with Crippen molar-refractivity contribution in [1.82, 2.24) is 24.8 Å². The molecule has 0 bridgehead atoms. The van der Waals surface area contributed by atoms with Crippen LogP contribution in [0.3, 0.4) is 0 Å². The number of hydrogen-bond donors (Lipinski definition) is 2. The number of aromatic amines is 1. The summed E-state index contributed by atoms with van der Waals surface area (Å²) in [5, 5.41) is 2.84. The van der Waals surface area contributed by atoms with Gasteiger partial charge < -0.3 is 15.2 Å². The Balaban J connectivity index is 1.32. The molecule has 4 heterocycles. The van der Waals surface area contributed by atoms with Crippen LogP contribution >= 0.6 is 0 Å².